The zero-order chi connectivity index (χ0) is 14.2. The summed E-state index contributed by atoms with van der Waals surface area (Å²) in [6.07, 6.45) is 2.32. The first-order valence-electron chi connectivity index (χ1n) is 6.13. The van der Waals surface area contributed by atoms with Crippen molar-refractivity contribution in [1.29, 1.82) is 0 Å². The Balaban J connectivity index is 2.26. The molecule has 1 aromatic rings. The van der Waals surface area contributed by atoms with E-state index in [0.717, 1.165) is 16.4 Å². The summed E-state index contributed by atoms with van der Waals surface area (Å²) in [6.45, 7) is 2.03. The highest BCUT2D eigenvalue weighted by Crippen LogP contribution is 2.35. The lowest BCUT2D eigenvalue weighted by atomic mass is 10.1. The smallest absolute Gasteiger partial charge is 0.270 e. The molecule has 0 heterocycles. The summed E-state index contributed by atoms with van der Waals surface area (Å²) in [6, 6.07) is 4.58. The molecule has 1 aliphatic rings. The summed E-state index contributed by atoms with van der Waals surface area (Å²) in [5.41, 5.74) is 0.362. The first-order chi connectivity index (χ1) is 8.91. The van der Waals surface area contributed by atoms with Crippen molar-refractivity contribution >= 4 is 34.2 Å². The molecule has 0 bridgehead atoms. The number of rotatable bonds is 4. The molecular weight excluding hydrogens is 359 g/mol. The van der Waals surface area contributed by atoms with Gasteiger partial charge in [0.15, 0.2) is 0 Å². The van der Waals surface area contributed by atoms with Crippen LogP contribution in [-0.4, -0.2) is 28.8 Å². The van der Waals surface area contributed by atoms with Crippen LogP contribution in [0.1, 0.15) is 30.1 Å². The lowest BCUT2D eigenvalue weighted by Gasteiger charge is -2.25. The average Bonchev–Trinajstić information content (AvgIpc) is 3.20. The van der Waals surface area contributed by atoms with Gasteiger partial charge in [-0.3, -0.25) is 14.9 Å². The number of nitro groups is 1. The molecule has 19 heavy (non-hydrogen) atoms. The van der Waals surface area contributed by atoms with Crippen molar-refractivity contribution in [3.63, 3.8) is 0 Å². The van der Waals surface area contributed by atoms with E-state index in [1.165, 1.54) is 12.1 Å². The molecule has 0 radical (unpaired) electrons. The second-order valence-corrected chi connectivity index (χ2v) is 6.08. The zero-order valence-corrected chi connectivity index (χ0v) is 13.0. The fourth-order valence-electron chi connectivity index (χ4n) is 2.06. The molecular formula is C13H15IN2O3. The first-order valence-corrected chi connectivity index (χ1v) is 7.20. The van der Waals surface area contributed by atoms with Crippen molar-refractivity contribution in [3.8, 4) is 0 Å². The van der Waals surface area contributed by atoms with Crippen LogP contribution in [0.15, 0.2) is 18.2 Å². The zero-order valence-electron chi connectivity index (χ0n) is 10.8. The number of nitro benzene ring substituents is 1. The Kier molecular flexibility index (Phi) is 4.07. The lowest BCUT2D eigenvalue weighted by molar-refractivity contribution is -0.384. The highest BCUT2D eigenvalue weighted by atomic mass is 127. The van der Waals surface area contributed by atoms with E-state index in [-0.39, 0.29) is 17.6 Å². The summed E-state index contributed by atoms with van der Waals surface area (Å²) >= 11 is 2.04. The SMILES string of the molecule is CC(C1CC1)N(C)C(=O)c1cc([N+](=O)[O-])ccc1I. The van der Waals surface area contributed by atoms with Gasteiger partial charge in [-0.15, -0.1) is 0 Å². The molecule has 0 N–H and O–H groups in total. The number of non-ortho nitro benzene ring substituents is 1. The molecule has 1 unspecified atom stereocenters. The molecule has 0 spiro atoms. The third kappa shape index (κ3) is 3.05. The Bertz CT molecular complexity index is 529. The molecule has 0 aromatic heterocycles. The summed E-state index contributed by atoms with van der Waals surface area (Å²) in [4.78, 5) is 24.4. The fourth-order valence-corrected chi connectivity index (χ4v) is 2.63. The summed E-state index contributed by atoms with van der Waals surface area (Å²) < 4.78 is 0.739. The number of carbonyl (C=O) groups excluding carboxylic acids is 1. The van der Waals surface area contributed by atoms with Crippen LogP contribution in [0, 0.1) is 19.6 Å². The number of amides is 1. The molecule has 0 aliphatic heterocycles. The van der Waals surface area contributed by atoms with Crippen LogP contribution >= 0.6 is 22.6 Å². The summed E-state index contributed by atoms with van der Waals surface area (Å²) in [5.74, 6) is 0.429. The molecule has 1 aliphatic carbocycles. The average molecular weight is 374 g/mol. The lowest BCUT2D eigenvalue weighted by Crippen LogP contribution is -2.36. The van der Waals surface area contributed by atoms with Gasteiger partial charge in [-0.2, -0.15) is 0 Å². The van der Waals surface area contributed by atoms with Gasteiger partial charge in [0.05, 0.1) is 10.5 Å². The van der Waals surface area contributed by atoms with Crippen LogP contribution in [0.25, 0.3) is 0 Å². The van der Waals surface area contributed by atoms with Gasteiger partial charge < -0.3 is 4.90 Å². The predicted molar refractivity (Wildman–Crippen MR) is 80.1 cm³/mol. The maximum atomic E-state index is 12.4. The van der Waals surface area contributed by atoms with Gasteiger partial charge in [0.2, 0.25) is 0 Å². The van der Waals surface area contributed by atoms with Crippen molar-refractivity contribution in [3.05, 3.63) is 37.4 Å². The van der Waals surface area contributed by atoms with Crippen LogP contribution in [0.5, 0.6) is 0 Å². The maximum absolute atomic E-state index is 12.4. The minimum absolute atomic E-state index is 0.0451. The van der Waals surface area contributed by atoms with Crippen LogP contribution in [-0.2, 0) is 0 Å². The highest BCUT2D eigenvalue weighted by molar-refractivity contribution is 14.1. The van der Waals surface area contributed by atoms with Gasteiger partial charge in [-0.05, 0) is 54.3 Å². The van der Waals surface area contributed by atoms with Gasteiger partial charge in [-0.1, -0.05) is 0 Å². The standard InChI is InChI=1S/C13H15IN2O3/c1-8(9-3-4-9)15(2)13(17)11-7-10(16(18)19)5-6-12(11)14/h5-9H,3-4H2,1-2H3. The van der Waals surface area contributed by atoms with E-state index in [1.54, 1.807) is 18.0 Å². The Morgan fingerprint density at radius 1 is 1.53 bits per heavy atom. The molecule has 1 aromatic carbocycles. The van der Waals surface area contributed by atoms with Gasteiger partial charge >= 0.3 is 0 Å². The summed E-state index contributed by atoms with van der Waals surface area (Å²) in [7, 11) is 1.76. The molecule has 102 valence electrons. The molecule has 1 amide bonds. The molecule has 1 fully saturated rings. The number of carbonyl (C=O) groups is 1. The van der Waals surface area contributed by atoms with E-state index in [9.17, 15) is 14.9 Å². The Morgan fingerprint density at radius 3 is 2.68 bits per heavy atom. The topological polar surface area (TPSA) is 63.5 Å². The van der Waals surface area contributed by atoms with E-state index in [4.69, 9.17) is 0 Å². The van der Waals surface area contributed by atoms with E-state index in [0.29, 0.717) is 11.5 Å². The third-order valence-corrected chi connectivity index (χ3v) is 4.57. The molecule has 1 saturated carbocycles. The minimum Gasteiger partial charge on any atom is -0.339 e. The van der Waals surface area contributed by atoms with Crippen LogP contribution in [0.3, 0.4) is 0 Å². The van der Waals surface area contributed by atoms with Gasteiger partial charge in [-0.25, -0.2) is 0 Å². The Hall–Kier alpha value is -1.18. The number of halogens is 1. The number of benzene rings is 1. The summed E-state index contributed by atoms with van der Waals surface area (Å²) in [5, 5.41) is 10.8. The Labute approximate surface area is 125 Å². The second-order valence-electron chi connectivity index (χ2n) is 4.92. The third-order valence-electron chi connectivity index (χ3n) is 3.63. The van der Waals surface area contributed by atoms with E-state index in [1.807, 2.05) is 29.5 Å². The quantitative estimate of drug-likeness (QED) is 0.462. The largest absolute Gasteiger partial charge is 0.339 e. The fraction of sp³-hybridized carbons (Fsp3) is 0.462. The monoisotopic (exact) mass is 374 g/mol. The van der Waals surface area contributed by atoms with Gasteiger partial charge in [0.1, 0.15) is 0 Å². The maximum Gasteiger partial charge on any atom is 0.270 e. The van der Waals surface area contributed by atoms with Crippen LogP contribution in [0.2, 0.25) is 0 Å². The van der Waals surface area contributed by atoms with Crippen molar-refractivity contribution in [2.75, 3.05) is 7.05 Å². The Morgan fingerprint density at radius 2 is 2.16 bits per heavy atom. The van der Waals surface area contributed by atoms with E-state index >= 15 is 0 Å². The molecule has 6 heteroatoms. The predicted octanol–water partition coefficient (Wildman–Crippen LogP) is 3.07. The van der Waals surface area contributed by atoms with Crippen molar-refractivity contribution in [1.82, 2.24) is 4.90 Å². The van der Waals surface area contributed by atoms with E-state index in [2.05, 4.69) is 0 Å². The number of nitrogens with zero attached hydrogens (tertiary/aromatic N) is 2. The van der Waals surface area contributed by atoms with E-state index < -0.39 is 4.92 Å². The van der Waals surface area contributed by atoms with Crippen LogP contribution in [0.4, 0.5) is 5.69 Å². The number of hydrogen-bond donors (Lipinski definition) is 0. The normalized spacial score (nSPS) is 15.9. The van der Waals surface area contributed by atoms with Gasteiger partial charge in [0, 0.05) is 28.8 Å². The molecule has 5 nitrogen and oxygen atoms in total. The minimum atomic E-state index is -0.475. The second kappa shape index (κ2) is 5.44. The first kappa shape index (κ1) is 14.2. The van der Waals surface area contributed by atoms with Crippen LogP contribution < -0.4 is 0 Å². The number of hydrogen-bond acceptors (Lipinski definition) is 3. The molecule has 1 atom stereocenters. The van der Waals surface area contributed by atoms with Gasteiger partial charge in [0.25, 0.3) is 11.6 Å². The van der Waals surface area contributed by atoms with Crippen molar-refractivity contribution < 1.29 is 9.72 Å². The molecule has 2 rings (SSSR count). The highest BCUT2D eigenvalue weighted by Gasteiger charge is 2.33. The molecule has 0 saturated heterocycles. The van der Waals surface area contributed by atoms with Crippen molar-refractivity contribution in [2.45, 2.75) is 25.8 Å². The van der Waals surface area contributed by atoms with Crippen molar-refractivity contribution in [2.24, 2.45) is 5.92 Å².